The van der Waals surface area contributed by atoms with Gasteiger partial charge in [-0.3, -0.25) is 9.59 Å². The van der Waals surface area contributed by atoms with Crippen LogP contribution in [0.3, 0.4) is 0 Å². The molecule has 0 bridgehead atoms. The fraction of sp³-hybridized carbons (Fsp3) is 0.250. The first-order valence-corrected chi connectivity index (χ1v) is 8.20. The van der Waals surface area contributed by atoms with Gasteiger partial charge in [0.2, 0.25) is 0 Å². The number of nitrogens with one attached hydrogen (secondary N) is 1. The van der Waals surface area contributed by atoms with Crippen LogP contribution in [0, 0.1) is 0 Å². The minimum Gasteiger partial charge on any atom is -0.491 e. The molecule has 6 heteroatoms. The lowest BCUT2D eigenvalue weighted by Crippen LogP contribution is -2.21. The van der Waals surface area contributed by atoms with Gasteiger partial charge in [0.15, 0.2) is 12.4 Å². The zero-order chi connectivity index (χ0) is 19.1. The molecule has 2 aromatic rings. The van der Waals surface area contributed by atoms with E-state index in [9.17, 15) is 14.4 Å². The molecule has 0 heterocycles. The summed E-state index contributed by atoms with van der Waals surface area (Å²) in [6.45, 7) is 4.88. The van der Waals surface area contributed by atoms with Crippen LogP contribution in [0.4, 0.5) is 5.69 Å². The predicted octanol–water partition coefficient (Wildman–Crippen LogP) is 3.47. The molecule has 2 aromatic carbocycles. The van der Waals surface area contributed by atoms with Crippen LogP contribution in [0.25, 0.3) is 0 Å². The van der Waals surface area contributed by atoms with Gasteiger partial charge in [0.1, 0.15) is 5.75 Å². The maximum absolute atomic E-state index is 12.0. The average Bonchev–Trinajstić information content (AvgIpc) is 2.60. The Morgan fingerprint density at radius 2 is 1.50 bits per heavy atom. The van der Waals surface area contributed by atoms with E-state index in [1.807, 2.05) is 13.8 Å². The fourth-order valence-electron chi connectivity index (χ4n) is 2.14. The molecule has 0 fully saturated rings. The van der Waals surface area contributed by atoms with Crippen molar-refractivity contribution in [2.24, 2.45) is 0 Å². The quantitative estimate of drug-likeness (QED) is 0.607. The molecule has 0 atom stereocenters. The standard InChI is InChI=1S/C20H21NO5/c1-13(2)26-18-10-6-16(7-11-18)20(24)25-12-19(23)21-17-8-4-15(5-9-17)14(3)22/h4-11,13H,12H2,1-3H3,(H,21,23). The van der Waals surface area contributed by atoms with Crippen molar-refractivity contribution >= 4 is 23.3 Å². The number of hydrogen-bond donors (Lipinski definition) is 1. The van der Waals surface area contributed by atoms with Gasteiger partial charge in [-0.2, -0.15) is 0 Å². The second-order valence-electron chi connectivity index (χ2n) is 5.95. The number of benzene rings is 2. The molecule has 1 N–H and O–H groups in total. The van der Waals surface area contributed by atoms with E-state index in [-0.39, 0.29) is 11.9 Å². The summed E-state index contributed by atoms with van der Waals surface area (Å²) in [4.78, 5) is 35.1. The molecule has 6 nitrogen and oxygen atoms in total. The van der Waals surface area contributed by atoms with Gasteiger partial charge in [-0.1, -0.05) is 0 Å². The Labute approximate surface area is 152 Å². The third kappa shape index (κ3) is 5.73. The van der Waals surface area contributed by atoms with Crippen LogP contribution in [0.15, 0.2) is 48.5 Å². The van der Waals surface area contributed by atoms with Gasteiger partial charge in [0.05, 0.1) is 11.7 Å². The topological polar surface area (TPSA) is 81.7 Å². The Bertz CT molecular complexity index is 779. The van der Waals surface area contributed by atoms with Crippen molar-refractivity contribution in [1.82, 2.24) is 0 Å². The Morgan fingerprint density at radius 3 is 2.04 bits per heavy atom. The Morgan fingerprint density at radius 1 is 0.923 bits per heavy atom. The molecule has 0 aliphatic carbocycles. The van der Waals surface area contributed by atoms with Gasteiger partial charge in [-0.25, -0.2) is 4.79 Å². The van der Waals surface area contributed by atoms with E-state index < -0.39 is 18.5 Å². The molecule has 0 aliphatic rings. The minimum atomic E-state index is -0.594. The molecule has 0 spiro atoms. The second kappa shape index (κ2) is 8.80. The number of Topliss-reactive ketones (excluding diaryl/α,β-unsaturated/α-hetero) is 1. The SMILES string of the molecule is CC(=O)c1ccc(NC(=O)COC(=O)c2ccc(OC(C)C)cc2)cc1. The number of ketones is 1. The summed E-state index contributed by atoms with van der Waals surface area (Å²) < 4.78 is 10.5. The third-order valence-electron chi connectivity index (χ3n) is 3.37. The number of ether oxygens (including phenoxy) is 2. The van der Waals surface area contributed by atoms with Gasteiger partial charge in [-0.05, 0) is 69.3 Å². The number of hydrogen-bond acceptors (Lipinski definition) is 5. The normalized spacial score (nSPS) is 10.3. The van der Waals surface area contributed by atoms with Gasteiger partial charge >= 0.3 is 5.97 Å². The van der Waals surface area contributed by atoms with Gasteiger partial charge < -0.3 is 14.8 Å². The lowest BCUT2D eigenvalue weighted by Gasteiger charge is -2.10. The van der Waals surface area contributed by atoms with Crippen LogP contribution in [-0.4, -0.2) is 30.4 Å². The zero-order valence-corrected chi connectivity index (χ0v) is 14.9. The zero-order valence-electron chi connectivity index (χ0n) is 14.9. The molecule has 0 saturated heterocycles. The maximum atomic E-state index is 12.0. The summed E-state index contributed by atoms with van der Waals surface area (Å²) in [5.41, 5.74) is 1.41. The van der Waals surface area contributed by atoms with E-state index in [0.29, 0.717) is 22.6 Å². The third-order valence-corrected chi connectivity index (χ3v) is 3.37. The summed E-state index contributed by atoms with van der Waals surface area (Å²) >= 11 is 0. The molecule has 26 heavy (non-hydrogen) atoms. The van der Waals surface area contributed by atoms with Crippen molar-refractivity contribution < 1.29 is 23.9 Å². The van der Waals surface area contributed by atoms with Crippen molar-refractivity contribution in [1.29, 1.82) is 0 Å². The van der Waals surface area contributed by atoms with Crippen molar-refractivity contribution in [3.8, 4) is 5.75 Å². The number of rotatable bonds is 7. The van der Waals surface area contributed by atoms with Crippen LogP contribution < -0.4 is 10.1 Å². The number of anilines is 1. The lowest BCUT2D eigenvalue weighted by atomic mass is 10.1. The van der Waals surface area contributed by atoms with Crippen LogP contribution in [0.1, 0.15) is 41.5 Å². The van der Waals surface area contributed by atoms with Crippen LogP contribution in [0.5, 0.6) is 5.75 Å². The first kappa shape index (κ1) is 19.2. The predicted molar refractivity (Wildman–Crippen MR) is 97.6 cm³/mol. The average molecular weight is 355 g/mol. The summed E-state index contributed by atoms with van der Waals surface area (Å²) in [7, 11) is 0. The van der Waals surface area contributed by atoms with Crippen molar-refractivity contribution in [3.05, 3.63) is 59.7 Å². The molecular formula is C20H21NO5. The van der Waals surface area contributed by atoms with Crippen LogP contribution in [-0.2, 0) is 9.53 Å². The second-order valence-corrected chi connectivity index (χ2v) is 5.95. The van der Waals surface area contributed by atoms with E-state index in [4.69, 9.17) is 9.47 Å². The van der Waals surface area contributed by atoms with E-state index in [2.05, 4.69) is 5.32 Å². The summed E-state index contributed by atoms with van der Waals surface area (Å²) in [5, 5.41) is 2.60. The van der Waals surface area contributed by atoms with Crippen molar-refractivity contribution in [2.45, 2.75) is 26.9 Å². The van der Waals surface area contributed by atoms with Crippen LogP contribution >= 0.6 is 0 Å². The molecular weight excluding hydrogens is 334 g/mol. The molecule has 1 amide bonds. The Kier molecular flexibility index (Phi) is 6.49. The molecule has 0 aliphatic heterocycles. The monoisotopic (exact) mass is 355 g/mol. The number of esters is 1. The number of carbonyl (C=O) groups excluding carboxylic acids is 3. The van der Waals surface area contributed by atoms with Crippen molar-refractivity contribution in [3.63, 3.8) is 0 Å². The molecule has 0 aromatic heterocycles. The van der Waals surface area contributed by atoms with E-state index in [1.165, 1.54) is 6.92 Å². The lowest BCUT2D eigenvalue weighted by molar-refractivity contribution is -0.119. The van der Waals surface area contributed by atoms with E-state index >= 15 is 0 Å². The summed E-state index contributed by atoms with van der Waals surface area (Å²) in [5.74, 6) is -0.457. The molecule has 0 unspecified atom stereocenters. The highest BCUT2D eigenvalue weighted by Gasteiger charge is 2.11. The van der Waals surface area contributed by atoms with Crippen LogP contribution in [0.2, 0.25) is 0 Å². The highest BCUT2D eigenvalue weighted by molar-refractivity contribution is 5.97. The largest absolute Gasteiger partial charge is 0.491 e. The summed E-state index contributed by atoms with van der Waals surface area (Å²) in [6, 6.07) is 13.0. The van der Waals surface area contributed by atoms with E-state index in [0.717, 1.165) is 0 Å². The summed E-state index contributed by atoms with van der Waals surface area (Å²) in [6.07, 6.45) is 0.0426. The Hall–Kier alpha value is -3.15. The maximum Gasteiger partial charge on any atom is 0.338 e. The molecule has 0 saturated carbocycles. The van der Waals surface area contributed by atoms with Crippen molar-refractivity contribution in [2.75, 3.05) is 11.9 Å². The molecule has 136 valence electrons. The highest BCUT2D eigenvalue weighted by Crippen LogP contribution is 2.14. The first-order valence-electron chi connectivity index (χ1n) is 8.20. The number of amides is 1. The Balaban J connectivity index is 1.84. The van der Waals surface area contributed by atoms with E-state index in [1.54, 1.807) is 48.5 Å². The van der Waals surface area contributed by atoms with Gasteiger partial charge in [0.25, 0.3) is 5.91 Å². The molecule has 0 radical (unpaired) electrons. The highest BCUT2D eigenvalue weighted by atomic mass is 16.5. The number of carbonyl (C=O) groups is 3. The van der Waals surface area contributed by atoms with Gasteiger partial charge in [-0.15, -0.1) is 0 Å². The fourth-order valence-corrected chi connectivity index (χ4v) is 2.14. The first-order chi connectivity index (χ1) is 12.3. The minimum absolute atomic E-state index is 0.0426. The smallest absolute Gasteiger partial charge is 0.338 e. The van der Waals surface area contributed by atoms with Gasteiger partial charge in [0, 0.05) is 11.3 Å². The molecule has 2 rings (SSSR count).